The minimum atomic E-state index is -3.47. The van der Waals surface area contributed by atoms with Crippen LogP contribution in [-0.4, -0.2) is 24.6 Å². The average molecular weight is 379 g/mol. The molecule has 24 heavy (non-hydrogen) atoms. The van der Waals surface area contributed by atoms with Crippen molar-refractivity contribution < 1.29 is 12.9 Å². The van der Waals surface area contributed by atoms with Gasteiger partial charge in [0.05, 0.1) is 5.54 Å². The van der Waals surface area contributed by atoms with Gasteiger partial charge in [-0.05, 0) is 44.4 Å². The van der Waals surface area contributed by atoms with Crippen LogP contribution in [0.15, 0.2) is 4.52 Å². The van der Waals surface area contributed by atoms with Crippen LogP contribution in [0.5, 0.6) is 0 Å². The summed E-state index contributed by atoms with van der Waals surface area (Å²) < 4.78 is 32.5. The Kier molecular flexibility index (Phi) is 6.28. The molecule has 3 rings (SSSR count). The number of nitrogens with two attached hydrogens (primary N) is 1. The Morgan fingerprint density at radius 1 is 1.25 bits per heavy atom. The summed E-state index contributed by atoms with van der Waals surface area (Å²) in [5, 5.41) is 3.91. The Morgan fingerprint density at radius 3 is 2.50 bits per heavy atom. The number of sulfonamides is 1. The Labute approximate surface area is 149 Å². The monoisotopic (exact) mass is 378 g/mol. The van der Waals surface area contributed by atoms with Gasteiger partial charge >= 0.3 is 0 Å². The Morgan fingerprint density at radius 2 is 1.88 bits per heavy atom. The number of hydrogen-bond acceptors (Lipinski definition) is 6. The van der Waals surface area contributed by atoms with Gasteiger partial charge < -0.3 is 10.3 Å². The van der Waals surface area contributed by atoms with E-state index in [1.807, 2.05) is 0 Å². The van der Waals surface area contributed by atoms with E-state index in [2.05, 4.69) is 21.8 Å². The third-order valence-electron chi connectivity index (χ3n) is 5.08. The molecule has 3 N–H and O–H groups in total. The molecule has 0 spiro atoms. The van der Waals surface area contributed by atoms with Crippen molar-refractivity contribution >= 4 is 22.4 Å². The highest BCUT2D eigenvalue weighted by Gasteiger charge is 2.36. The third kappa shape index (κ3) is 4.68. The summed E-state index contributed by atoms with van der Waals surface area (Å²) in [4.78, 5) is 4.23. The number of nitrogens with one attached hydrogen (secondary N) is 1. The number of halogens is 1. The van der Waals surface area contributed by atoms with Crippen molar-refractivity contribution in [3.05, 3.63) is 11.7 Å². The fraction of sp³-hybridized carbons (Fsp3) is 0.867. The van der Waals surface area contributed by atoms with Gasteiger partial charge in [0.15, 0.2) is 5.82 Å². The molecular weight excluding hydrogens is 352 g/mol. The van der Waals surface area contributed by atoms with E-state index in [-0.39, 0.29) is 30.1 Å². The molecule has 2 aliphatic rings. The molecule has 138 valence electrons. The van der Waals surface area contributed by atoms with Gasteiger partial charge in [-0.2, -0.15) is 4.98 Å². The lowest BCUT2D eigenvalue weighted by atomic mass is 9.88. The van der Waals surface area contributed by atoms with Crippen molar-refractivity contribution in [1.82, 2.24) is 14.9 Å². The molecule has 9 heteroatoms. The first kappa shape index (κ1) is 19.6. The first-order chi connectivity index (χ1) is 10.9. The fourth-order valence-electron chi connectivity index (χ4n) is 3.58. The first-order valence-electron chi connectivity index (χ1n) is 8.48. The van der Waals surface area contributed by atoms with Gasteiger partial charge in [0.2, 0.25) is 15.9 Å². The second-order valence-electron chi connectivity index (χ2n) is 7.21. The lowest BCUT2D eigenvalue weighted by Crippen LogP contribution is -2.38. The van der Waals surface area contributed by atoms with E-state index in [0.717, 1.165) is 51.4 Å². The number of rotatable bonds is 5. The Balaban J connectivity index is 0.00000208. The zero-order chi connectivity index (χ0) is 16.5. The van der Waals surface area contributed by atoms with Crippen molar-refractivity contribution in [2.45, 2.75) is 75.6 Å². The van der Waals surface area contributed by atoms with Gasteiger partial charge in [-0.1, -0.05) is 24.9 Å². The molecule has 2 fully saturated rings. The van der Waals surface area contributed by atoms with E-state index in [9.17, 15) is 8.42 Å². The molecule has 2 aliphatic carbocycles. The zero-order valence-corrected chi connectivity index (χ0v) is 15.7. The molecule has 0 bridgehead atoms. The summed E-state index contributed by atoms with van der Waals surface area (Å²) in [5.74, 6) is 0.962. The Bertz CT molecular complexity index is 635. The zero-order valence-electron chi connectivity index (χ0n) is 14.0. The molecule has 0 unspecified atom stereocenters. The molecule has 0 atom stereocenters. The van der Waals surface area contributed by atoms with Crippen LogP contribution >= 0.6 is 12.4 Å². The van der Waals surface area contributed by atoms with E-state index in [4.69, 9.17) is 10.3 Å². The SMILES string of the molecule is CC1CCC(NS(=O)(=O)Cc2nc(C3(N)CCCC3)no2)CC1.Cl. The molecule has 0 saturated heterocycles. The van der Waals surface area contributed by atoms with Crippen molar-refractivity contribution in [2.75, 3.05) is 0 Å². The highest BCUT2D eigenvalue weighted by atomic mass is 35.5. The maximum Gasteiger partial charge on any atom is 0.243 e. The number of hydrogen-bond donors (Lipinski definition) is 2. The molecule has 0 aromatic carbocycles. The number of nitrogens with zero attached hydrogens (tertiary/aromatic N) is 2. The minimum absolute atomic E-state index is 0. The molecule has 7 nitrogen and oxygen atoms in total. The highest BCUT2D eigenvalue weighted by Crippen LogP contribution is 2.34. The summed E-state index contributed by atoms with van der Waals surface area (Å²) in [6.45, 7) is 2.20. The van der Waals surface area contributed by atoms with Crippen LogP contribution in [0, 0.1) is 5.92 Å². The predicted octanol–water partition coefficient (Wildman–Crippen LogP) is 2.22. The number of aromatic nitrogens is 2. The maximum absolute atomic E-state index is 12.3. The summed E-state index contributed by atoms with van der Waals surface area (Å²) in [6, 6.07) is 0.0225. The van der Waals surface area contributed by atoms with Gasteiger partial charge in [-0.3, -0.25) is 0 Å². The molecule has 1 aromatic heterocycles. The van der Waals surface area contributed by atoms with E-state index < -0.39 is 15.6 Å². The highest BCUT2D eigenvalue weighted by molar-refractivity contribution is 7.88. The van der Waals surface area contributed by atoms with Crippen LogP contribution in [-0.2, 0) is 21.3 Å². The quantitative estimate of drug-likeness (QED) is 0.812. The van der Waals surface area contributed by atoms with Gasteiger partial charge in [-0.25, -0.2) is 13.1 Å². The van der Waals surface area contributed by atoms with E-state index in [1.165, 1.54) is 0 Å². The van der Waals surface area contributed by atoms with Gasteiger partial charge in [0.1, 0.15) is 5.75 Å². The lowest BCUT2D eigenvalue weighted by Gasteiger charge is -2.26. The van der Waals surface area contributed by atoms with Crippen molar-refractivity contribution in [2.24, 2.45) is 11.7 Å². The van der Waals surface area contributed by atoms with E-state index in [0.29, 0.717) is 11.7 Å². The van der Waals surface area contributed by atoms with Crippen LogP contribution in [0.4, 0.5) is 0 Å². The standard InChI is InChI=1S/C15H26N4O3S.ClH/c1-11-4-6-12(7-5-11)19-23(20,21)10-13-17-14(18-22-13)15(16)8-2-3-9-15;/h11-12,19H,2-10,16H2,1H3;1H. The summed E-state index contributed by atoms with van der Waals surface area (Å²) in [7, 11) is -3.47. The van der Waals surface area contributed by atoms with Crippen LogP contribution in [0.25, 0.3) is 0 Å². The van der Waals surface area contributed by atoms with Crippen molar-refractivity contribution in [1.29, 1.82) is 0 Å². The second kappa shape index (κ2) is 7.68. The molecule has 0 radical (unpaired) electrons. The topological polar surface area (TPSA) is 111 Å². The summed E-state index contributed by atoms with van der Waals surface area (Å²) >= 11 is 0. The first-order valence-corrected chi connectivity index (χ1v) is 10.1. The normalized spacial score (nSPS) is 26.9. The molecule has 2 saturated carbocycles. The largest absolute Gasteiger partial charge is 0.338 e. The van der Waals surface area contributed by atoms with Crippen LogP contribution in [0.2, 0.25) is 0 Å². The van der Waals surface area contributed by atoms with Gasteiger partial charge in [-0.15, -0.1) is 12.4 Å². The molecule has 0 aliphatic heterocycles. The molecule has 0 amide bonds. The third-order valence-corrected chi connectivity index (χ3v) is 6.40. The van der Waals surface area contributed by atoms with Crippen molar-refractivity contribution in [3.8, 4) is 0 Å². The van der Waals surface area contributed by atoms with Gasteiger partial charge in [0, 0.05) is 6.04 Å². The second-order valence-corrected chi connectivity index (χ2v) is 8.96. The molecular formula is C15H27ClN4O3S. The van der Waals surface area contributed by atoms with Gasteiger partial charge in [0.25, 0.3) is 0 Å². The summed E-state index contributed by atoms with van der Waals surface area (Å²) in [6.07, 6.45) is 7.62. The predicted molar refractivity (Wildman–Crippen MR) is 93.1 cm³/mol. The van der Waals surface area contributed by atoms with E-state index >= 15 is 0 Å². The Hall–Kier alpha value is -0.700. The van der Waals surface area contributed by atoms with Crippen LogP contribution in [0.1, 0.15) is 70.0 Å². The van der Waals surface area contributed by atoms with E-state index in [1.54, 1.807) is 0 Å². The molecule has 1 heterocycles. The maximum atomic E-state index is 12.3. The lowest BCUT2D eigenvalue weighted by molar-refractivity contribution is 0.330. The van der Waals surface area contributed by atoms with Crippen LogP contribution < -0.4 is 10.5 Å². The fourth-order valence-corrected chi connectivity index (χ4v) is 4.85. The summed E-state index contributed by atoms with van der Waals surface area (Å²) in [5.41, 5.74) is 5.71. The van der Waals surface area contributed by atoms with Crippen molar-refractivity contribution in [3.63, 3.8) is 0 Å². The van der Waals surface area contributed by atoms with Crippen LogP contribution in [0.3, 0.4) is 0 Å². The minimum Gasteiger partial charge on any atom is -0.338 e. The average Bonchev–Trinajstić information content (AvgIpc) is 3.11. The molecule has 1 aromatic rings. The smallest absolute Gasteiger partial charge is 0.243 e.